The zero-order valence-electron chi connectivity index (χ0n) is 26.7. The number of hydrazine groups is 2. The average molecular weight is 611 g/mol. The molecule has 2 bridgehead atoms. The molecule has 8 rings (SSSR count). The average Bonchev–Trinajstić information content (AvgIpc) is 3.74. The van der Waals surface area contributed by atoms with Gasteiger partial charge in [-0.15, -0.1) is 16.9 Å². The number of hydrogen-bond acceptors (Lipinski definition) is 6. The van der Waals surface area contributed by atoms with Crippen molar-refractivity contribution in [3.8, 4) is 11.3 Å². The van der Waals surface area contributed by atoms with Gasteiger partial charge in [0.1, 0.15) is 4.83 Å². The number of H-pyrrole nitrogens is 1. The highest BCUT2D eigenvalue weighted by atomic mass is 32.1. The Morgan fingerprint density at radius 1 is 1.02 bits per heavy atom. The second-order valence-electron chi connectivity index (χ2n) is 14.0. The van der Waals surface area contributed by atoms with Crippen LogP contribution in [0.4, 0.5) is 11.4 Å². The summed E-state index contributed by atoms with van der Waals surface area (Å²) in [5.41, 5.74) is 18.5. The van der Waals surface area contributed by atoms with E-state index in [0.717, 1.165) is 42.3 Å². The van der Waals surface area contributed by atoms with Crippen molar-refractivity contribution in [3.63, 3.8) is 0 Å². The minimum absolute atomic E-state index is 0.286. The van der Waals surface area contributed by atoms with Gasteiger partial charge < -0.3 is 26.1 Å². The molecule has 0 radical (unpaired) electrons. The third-order valence-corrected chi connectivity index (χ3v) is 11.6. The number of rotatable bonds is 9. The summed E-state index contributed by atoms with van der Waals surface area (Å²) in [6, 6.07) is 16.1. The Balaban J connectivity index is 1.15. The number of carbonyl (C=O) groups is 1. The van der Waals surface area contributed by atoms with E-state index in [0.29, 0.717) is 17.9 Å². The molecule has 2 aromatic heterocycles. The van der Waals surface area contributed by atoms with Gasteiger partial charge in [0.05, 0.1) is 22.5 Å². The molecule has 1 aliphatic carbocycles. The first-order valence-electron chi connectivity index (χ1n) is 16.3. The van der Waals surface area contributed by atoms with E-state index in [9.17, 15) is 4.79 Å². The van der Waals surface area contributed by atoms with Gasteiger partial charge in [-0.05, 0) is 125 Å². The van der Waals surface area contributed by atoms with Crippen LogP contribution in [-0.2, 0) is 16.6 Å². The Labute approximate surface area is 265 Å². The molecule has 5 N–H and O–H groups in total. The fourth-order valence-corrected chi connectivity index (χ4v) is 8.90. The summed E-state index contributed by atoms with van der Waals surface area (Å²) in [5.74, 6) is 1.27. The van der Waals surface area contributed by atoms with Crippen molar-refractivity contribution >= 4 is 38.8 Å². The molecule has 5 heterocycles. The molecule has 232 valence electrons. The van der Waals surface area contributed by atoms with Crippen molar-refractivity contribution < 1.29 is 4.79 Å². The molecule has 0 unspecified atom stereocenters. The fraction of sp³-hybridized carbons (Fsp3) is 0.472. The summed E-state index contributed by atoms with van der Waals surface area (Å²) in [6.07, 6.45) is 5.87. The van der Waals surface area contributed by atoms with Crippen molar-refractivity contribution in [2.45, 2.75) is 84.1 Å². The highest BCUT2D eigenvalue weighted by Gasteiger charge is 2.43. The molecule has 3 fully saturated rings. The highest BCUT2D eigenvalue weighted by molar-refractivity contribution is 7.19. The number of amides is 1. The zero-order valence-corrected chi connectivity index (χ0v) is 27.5. The molecule has 4 aliphatic rings. The molecular formula is C36H46N6OS. The molecule has 2 saturated heterocycles. The first-order chi connectivity index (χ1) is 21.2. The van der Waals surface area contributed by atoms with Gasteiger partial charge in [-0.2, -0.15) is 0 Å². The van der Waals surface area contributed by atoms with Gasteiger partial charge in [0.2, 0.25) is 5.91 Å². The summed E-state index contributed by atoms with van der Waals surface area (Å²) in [7, 11) is 0. The molecule has 2 aromatic carbocycles. The summed E-state index contributed by atoms with van der Waals surface area (Å²) in [5, 5.41) is 5.01. The predicted octanol–water partition coefficient (Wildman–Crippen LogP) is 7.38. The maximum Gasteiger partial charge on any atom is 0.233 e. The lowest BCUT2D eigenvalue weighted by molar-refractivity contribution is -0.143. The van der Waals surface area contributed by atoms with Gasteiger partial charge in [0, 0.05) is 29.4 Å². The molecule has 4 aromatic rings. The standard InChI is InChI=1S/C36H46N6OS/c1-21-14-22(2)16-26(15-21)33-32(23(3)19-37-13-12-24-8-11-29-30(17-24)40-41-39-29)28-18-31(44-34(28)38-33)36(4,5)35(43)42-20-25-6-9-27(42)10-7-25/h8,11,14-18,23,25,27,37-41H,6-7,9-10,12-13,19-20H2,1-5H3/t23-,25?,27?/m1/s1. The maximum atomic E-state index is 14.0. The van der Waals surface area contributed by atoms with E-state index in [2.05, 4.69) is 109 Å². The zero-order chi connectivity index (χ0) is 30.6. The first-order valence-corrected chi connectivity index (χ1v) is 17.2. The number of aryl methyl sites for hydroxylation is 2. The Morgan fingerprint density at radius 3 is 2.50 bits per heavy atom. The van der Waals surface area contributed by atoms with Crippen molar-refractivity contribution in [2.75, 3.05) is 30.5 Å². The number of thiophene rings is 1. The number of nitrogens with zero attached hydrogens (tertiary/aromatic N) is 1. The third-order valence-electron chi connectivity index (χ3n) is 10.2. The van der Waals surface area contributed by atoms with E-state index in [1.165, 1.54) is 69.4 Å². The summed E-state index contributed by atoms with van der Waals surface area (Å²) in [4.78, 5) is 22.4. The minimum Gasteiger partial charge on any atom is -0.346 e. The monoisotopic (exact) mass is 610 g/mol. The second-order valence-corrected chi connectivity index (χ2v) is 15.1. The first kappa shape index (κ1) is 29.4. The van der Waals surface area contributed by atoms with Gasteiger partial charge in [-0.1, -0.05) is 30.2 Å². The number of aromatic amines is 1. The SMILES string of the molecule is Cc1cc(C)cc(-c2[nH]c3sc(C(C)(C)C(=O)N4CC5CCC4CC5)cc3c2[C@H](C)CNCCc2ccc3c(c2)NNN3)c1. The van der Waals surface area contributed by atoms with Crippen molar-refractivity contribution in [2.24, 2.45) is 5.92 Å². The van der Waals surface area contributed by atoms with E-state index in [1.54, 1.807) is 11.3 Å². The predicted molar refractivity (Wildman–Crippen MR) is 183 cm³/mol. The number of nitrogens with one attached hydrogen (secondary N) is 5. The lowest BCUT2D eigenvalue weighted by Crippen LogP contribution is -2.55. The van der Waals surface area contributed by atoms with Crippen LogP contribution in [0.15, 0.2) is 42.5 Å². The van der Waals surface area contributed by atoms with Crippen molar-refractivity contribution in [1.82, 2.24) is 20.7 Å². The van der Waals surface area contributed by atoms with Gasteiger partial charge in [-0.25, -0.2) is 0 Å². The normalized spacial score (nSPS) is 20.1. The van der Waals surface area contributed by atoms with Gasteiger partial charge in [0.25, 0.3) is 0 Å². The van der Waals surface area contributed by atoms with Crippen LogP contribution in [0, 0.1) is 19.8 Å². The van der Waals surface area contributed by atoms with Gasteiger partial charge in [-0.3, -0.25) is 4.79 Å². The Bertz CT molecular complexity index is 1670. The van der Waals surface area contributed by atoms with E-state index in [4.69, 9.17) is 0 Å². The summed E-state index contributed by atoms with van der Waals surface area (Å²) >= 11 is 1.77. The molecule has 7 nitrogen and oxygen atoms in total. The molecule has 44 heavy (non-hydrogen) atoms. The molecule has 1 saturated carbocycles. The molecule has 1 amide bonds. The Hall–Kier alpha value is -3.33. The Morgan fingerprint density at radius 2 is 1.77 bits per heavy atom. The number of piperidine rings is 2. The molecule has 3 aliphatic heterocycles. The number of anilines is 2. The highest BCUT2D eigenvalue weighted by Crippen LogP contribution is 2.44. The number of benzene rings is 2. The van der Waals surface area contributed by atoms with Crippen LogP contribution in [0.3, 0.4) is 0 Å². The van der Waals surface area contributed by atoms with E-state index >= 15 is 0 Å². The largest absolute Gasteiger partial charge is 0.346 e. The van der Waals surface area contributed by atoms with Crippen LogP contribution in [-0.4, -0.2) is 41.5 Å². The number of aromatic nitrogens is 1. The number of carbonyl (C=O) groups excluding carboxylic acids is 1. The number of hydrogen-bond donors (Lipinski definition) is 5. The van der Waals surface area contributed by atoms with E-state index in [1.807, 2.05) is 0 Å². The maximum absolute atomic E-state index is 14.0. The van der Waals surface area contributed by atoms with E-state index in [-0.39, 0.29) is 5.92 Å². The van der Waals surface area contributed by atoms with Crippen LogP contribution in [0.1, 0.15) is 79.5 Å². The molecule has 8 heteroatoms. The summed E-state index contributed by atoms with van der Waals surface area (Å²) in [6.45, 7) is 13.7. The quantitative estimate of drug-likeness (QED) is 0.128. The van der Waals surface area contributed by atoms with Crippen LogP contribution >= 0.6 is 11.3 Å². The molecule has 1 atom stereocenters. The lowest BCUT2D eigenvalue weighted by atomic mass is 9.78. The van der Waals surface area contributed by atoms with Crippen LogP contribution in [0.5, 0.6) is 0 Å². The lowest BCUT2D eigenvalue weighted by Gasteiger charge is -2.47. The van der Waals surface area contributed by atoms with Crippen LogP contribution < -0.4 is 21.7 Å². The van der Waals surface area contributed by atoms with E-state index < -0.39 is 5.41 Å². The van der Waals surface area contributed by atoms with Crippen LogP contribution in [0.25, 0.3) is 21.5 Å². The minimum atomic E-state index is -0.545. The fourth-order valence-electron chi connectivity index (χ4n) is 7.72. The van der Waals surface area contributed by atoms with Crippen LogP contribution in [0.2, 0.25) is 0 Å². The molecule has 0 spiro atoms. The Kier molecular flexibility index (Phi) is 7.71. The second kappa shape index (κ2) is 11.5. The van der Waals surface area contributed by atoms with Crippen molar-refractivity contribution in [1.29, 1.82) is 0 Å². The molecular weight excluding hydrogens is 565 g/mol. The van der Waals surface area contributed by atoms with Crippen molar-refractivity contribution in [3.05, 3.63) is 69.6 Å². The van der Waals surface area contributed by atoms with Gasteiger partial charge in [0.15, 0.2) is 0 Å². The van der Waals surface area contributed by atoms with Gasteiger partial charge >= 0.3 is 0 Å². The number of fused-ring (bicyclic) bond motifs is 5. The topological polar surface area (TPSA) is 84.2 Å². The third kappa shape index (κ3) is 5.41. The summed E-state index contributed by atoms with van der Waals surface area (Å²) < 4.78 is 0. The smallest absolute Gasteiger partial charge is 0.233 e.